The van der Waals surface area contributed by atoms with E-state index < -0.39 is 0 Å². The quantitative estimate of drug-likeness (QED) is 0.637. The normalized spacial score (nSPS) is 10.4. The Hall–Kier alpha value is -2.86. The lowest BCUT2D eigenvalue weighted by molar-refractivity contribution is -0.121. The molecule has 1 amide bonds. The molecule has 0 fully saturated rings. The van der Waals surface area contributed by atoms with Crippen molar-refractivity contribution in [1.29, 1.82) is 0 Å². The van der Waals surface area contributed by atoms with Crippen LogP contribution in [0.3, 0.4) is 0 Å². The molecule has 3 rings (SSSR count). The smallest absolute Gasteiger partial charge is 0.267 e. The molecule has 0 radical (unpaired) electrons. The van der Waals surface area contributed by atoms with Crippen LogP contribution in [0.1, 0.15) is 0 Å². The van der Waals surface area contributed by atoms with E-state index in [4.69, 9.17) is 14.2 Å². The van der Waals surface area contributed by atoms with Crippen molar-refractivity contribution >= 4 is 28.6 Å². The van der Waals surface area contributed by atoms with E-state index in [9.17, 15) is 4.79 Å². The molecule has 0 atom stereocenters. The molecule has 0 heterocycles. The van der Waals surface area contributed by atoms with Crippen LogP contribution in [0.2, 0.25) is 0 Å². The van der Waals surface area contributed by atoms with Crippen molar-refractivity contribution in [3.8, 4) is 17.2 Å². The second-order valence-corrected chi connectivity index (χ2v) is 6.29. The van der Waals surface area contributed by atoms with Crippen LogP contribution >= 0.6 is 11.9 Å². The topological polar surface area (TPSA) is 56.8 Å². The number of methoxy groups -OCH3 is 2. The Morgan fingerprint density at radius 2 is 1.69 bits per heavy atom. The number of carbonyl (C=O) groups excluding carboxylic acids is 1. The van der Waals surface area contributed by atoms with E-state index in [-0.39, 0.29) is 12.5 Å². The Labute approximate surface area is 156 Å². The standard InChI is InChI=1S/C20H19NO4S/c1-23-16-9-10-19(18(12-16)24-2)26-21-20(22)13-25-17-8-7-14-5-3-4-6-15(14)11-17/h3-12H,13H2,1-2H3,(H,21,22). The zero-order valence-corrected chi connectivity index (χ0v) is 15.3. The van der Waals surface area contributed by atoms with E-state index in [1.165, 1.54) is 11.9 Å². The number of benzene rings is 3. The maximum absolute atomic E-state index is 12.1. The van der Waals surface area contributed by atoms with Crippen LogP contribution in [0, 0.1) is 0 Å². The Kier molecular flexibility index (Phi) is 5.86. The SMILES string of the molecule is COc1ccc(SNC(=O)COc2ccc3ccccc3c2)c(OC)c1. The van der Waals surface area contributed by atoms with Gasteiger partial charge in [0.1, 0.15) is 17.2 Å². The van der Waals surface area contributed by atoms with Crippen molar-refractivity contribution in [1.82, 2.24) is 4.72 Å². The minimum atomic E-state index is -0.235. The van der Waals surface area contributed by atoms with Gasteiger partial charge in [0.2, 0.25) is 0 Å². The molecule has 0 unspecified atom stereocenters. The number of hydrogen-bond donors (Lipinski definition) is 1. The van der Waals surface area contributed by atoms with E-state index in [1.54, 1.807) is 20.3 Å². The summed E-state index contributed by atoms with van der Waals surface area (Å²) in [6.45, 7) is -0.0657. The van der Waals surface area contributed by atoms with E-state index in [2.05, 4.69) is 4.72 Å². The third kappa shape index (κ3) is 4.40. The van der Waals surface area contributed by atoms with Crippen molar-refractivity contribution in [2.24, 2.45) is 0 Å². The van der Waals surface area contributed by atoms with Gasteiger partial charge in [0.15, 0.2) is 6.61 Å². The fourth-order valence-corrected chi connectivity index (χ4v) is 3.07. The average Bonchev–Trinajstić information content (AvgIpc) is 2.70. The first kappa shape index (κ1) is 17.9. The minimum Gasteiger partial charge on any atom is -0.497 e. The molecule has 134 valence electrons. The van der Waals surface area contributed by atoms with E-state index >= 15 is 0 Å². The van der Waals surface area contributed by atoms with Crippen LogP contribution in [0.15, 0.2) is 65.6 Å². The highest BCUT2D eigenvalue weighted by Crippen LogP contribution is 2.31. The number of carbonyl (C=O) groups is 1. The lowest BCUT2D eigenvalue weighted by Gasteiger charge is -2.11. The van der Waals surface area contributed by atoms with Gasteiger partial charge in [-0.3, -0.25) is 9.52 Å². The lowest BCUT2D eigenvalue weighted by Crippen LogP contribution is -2.23. The van der Waals surface area contributed by atoms with Gasteiger partial charge in [0, 0.05) is 6.07 Å². The summed E-state index contributed by atoms with van der Waals surface area (Å²) in [5, 5.41) is 2.20. The van der Waals surface area contributed by atoms with Crippen molar-refractivity contribution in [3.63, 3.8) is 0 Å². The fraction of sp³-hybridized carbons (Fsp3) is 0.150. The van der Waals surface area contributed by atoms with Crippen molar-refractivity contribution < 1.29 is 19.0 Å². The molecule has 3 aromatic carbocycles. The number of fused-ring (bicyclic) bond motifs is 1. The van der Waals surface area contributed by atoms with Gasteiger partial charge in [-0.1, -0.05) is 30.3 Å². The third-order valence-electron chi connectivity index (χ3n) is 3.74. The Morgan fingerprint density at radius 1 is 0.923 bits per heavy atom. The second kappa shape index (κ2) is 8.49. The van der Waals surface area contributed by atoms with Gasteiger partial charge in [-0.25, -0.2) is 0 Å². The summed E-state index contributed by atoms with van der Waals surface area (Å²) in [6.07, 6.45) is 0. The number of rotatable bonds is 7. The van der Waals surface area contributed by atoms with Gasteiger partial charge in [-0.05, 0) is 47.0 Å². The van der Waals surface area contributed by atoms with Gasteiger partial charge in [-0.2, -0.15) is 0 Å². The first-order valence-corrected chi connectivity index (χ1v) is 8.80. The Bertz CT molecular complexity index is 913. The van der Waals surface area contributed by atoms with Crippen LogP contribution in [-0.4, -0.2) is 26.7 Å². The fourth-order valence-electron chi connectivity index (χ4n) is 2.41. The summed E-state index contributed by atoms with van der Waals surface area (Å²) in [5.74, 6) is 1.74. The Morgan fingerprint density at radius 3 is 2.46 bits per heavy atom. The molecule has 0 saturated heterocycles. The second-order valence-electron chi connectivity index (χ2n) is 5.44. The van der Waals surface area contributed by atoms with E-state index in [0.717, 1.165) is 15.7 Å². The number of nitrogens with one attached hydrogen (secondary N) is 1. The number of ether oxygens (including phenoxy) is 3. The van der Waals surface area contributed by atoms with Crippen LogP contribution in [0.25, 0.3) is 10.8 Å². The maximum Gasteiger partial charge on any atom is 0.267 e. The van der Waals surface area contributed by atoms with Crippen molar-refractivity contribution in [3.05, 3.63) is 60.7 Å². The number of amides is 1. The van der Waals surface area contributed by atoms with Crippen LogP contribution in [0.4, 0.5) is 0 Å². The molecule has 0 bridgehead atoms. The Balaban J connectivity index is 1.55. The number of hydrogen-bond acceptors (Lipinski definition) is 5. The highest BCUT2D eigenvalue weighted by Gasteiger charge is 2.09. The monoisotopic (exact) mass is 369 g/mol. The third-order valence-corrected chi connectivity index (χ3v) is 4.62. The molecule has 5 nitrogen and oxygen atoms in total. The molecular formula is C20H19NO4S. The molecule has 0 aliphatic rings. The van der Waals surface area contributed by atoms with Crippen molar-refractivity contribution in [2.45, 2.75) is 4.90 Å². The highest BCUT2D eigenvalue weighted by molar-refractivity contribution is 7.98. The predicted molar refractivity (Wildman–Crippen MR) is 103 cm³/mol. The zero-order chi connectivity index (χ0) is 18.4. The summed E-state index contributed by atoms with van der Waals surface area (Å²) < 4.78 is 18.8. The van der Waals surface area contributed by atoms with Gasteiger partial charge in [0.25, 0.3) is 5.91 Å². The molecule has 0 aliphatic heterocycles. The zero-order valence-electron chi connectivity index (χ0n) is 14.5. The molecule has 0 aliphatic carbocycles. The largest absolute Gasteiger partial charge is 0.497 e. The first-order valence-electron chi connectivity index (χ1n) is 7.99. The summed E-state index contributed by atoms with van der Waals surface area (Å²) in [5.41, 5.74) is 0. The highest BCUT2D eigenvalue weighted by atomic mass is 32.2. The maximum atomic E-state index is 12.1. The van der Waals surface area contributed by atoms with E-state index in [0.29, 0.717) is 17.2 Å². The van der Waals surface area contributed by atoms with Crippen molar-refractivity contribution in [2.75, 3.05) is 20.8 Å². The molecule has 26 heavy (non-hydrogen) atoms. The van der Waals surface area contributed by atoms with Crippen LogP contribution < -0.4 is 18.9 Å². The first-order chi connectivity index (χ1) is 12.7. The predicted octanol–water partition coefficient (Wildman–Crippen LogP) is 4.06. The van der Waals surface area contributed by atoms with Gasteiger partial charge >= 0.3 is 0 Å². The minimum absolute atomic E-state index is 0.0657. The molecular weight excluding hydrogens is 350 g/mol. The summed E-state index contributed by atoms with van der Waals surface area (Å²) >= 11 is 1.18. The van der Waals surface area contributed by atoms with Crippen LogP contribution in [-0.2, 0) is 4.79 Å². The van der Waals surface area contributed by atoms with Gasteiger partial charge in [0.05, 0.1) is 19.1 Å². The molecule has 1 N–H and O–H groups in total. The summed E-state index contributed by atoms with van der Waals surface area (Å²) in [6, 6.07) is 19.1. The molecule has 6 heteroatoms. The molecule has 0 saturated carbocycles. The van der Waals surface area contributed by atoms with Crippen LogP contribution in [0.5, 0.6) is 17.2 Å². The molecule has 3 aromatic rings. The average molecular weight is 369 g/mol. The molecule has 0 spiro atoms. The summed E-state index contributed by atoms with van der Waals surface area (Å²) in [4.78, 5) is 12.8. The summed E-state index contributed by atoms with van der Waals surface area (Å²) in [7, 11) is 3.16. The lowest BCUT2D eigenvalue weighted by atomic mass is 10.1. The molecule has 0 aromatic heterocycles. The van der Waals surface area contributed by atoms with Gasteiger partial charge < -0.3 is 14.2 Å². The van der Waals surface area contributed by atoms with E-state index in [1.807, 2.05) is 54.6 Å². The van der Waals surface area contributed by atoms with Gasteiger partial charge in [-0.15, -0.1) is 0 Å².